The van der Waals surface area contributed by atoms with Gasteiger partial charge in [0.05, 0.1) is 0 Å². The van der Waals surface area contributed by atoms with Crippen LogP contribution in [0.15, 0.2) is 23.1 Å². The average Bonchev–Trinajstić information content (AvgIpc) is 2.23. The Morgan fingerprint density at radius 2 is 1.93 bits per heavy atom. The molecule has 0 aliphatic rings. The van der Waals surface area contributed by atoms with Crippen molar-refractivity contribution in [2.24, 2.45) is 0 Å². The molecule has 0 aliphatic heterocycles. The summed E-state index contributed by atoms with van der Waals surface area (Å²) in [7, 11) is 0. The van der Waals surface area contributed by atoms with Gasteiger partial charge in [0.1, 0.15) is 0 Å². The standard InChI is InChI=1S/C13H19BrS/c1-11-6-7-12(2)13(10-11)15-9-5-3-4-8-14/h6-7,10H,3-5,8-9H2,1-2H3. The van der Waals surface area contributed by atoms with Crippen LogP contribution in [-0.4, -0.2) is 11.1 Å². The number of halogens is 1. The molecule has 0 fully saturated rings. The lowest BCUT2D eigenvalue weighted by atomic mass is 10.2. The van der Waals surface area contributed by atoms with Crippen molar-refractivity contribution in [3.63, 3.8) is 0 Å². The van der Waals surface area contributed by atoms with Crippen LogP contribution in [0.25, 0.3) is 0 Å². The van der Waals surface area contributed by atoms with Crippen LogP contribution in [0.2, 0.25) is 0 Å². The minimum atomic E-state index is 1.14. The maximum Gasteiger partial charge on any atom is 0.0104 e. The van der Waals surface area contributed by atoms with Gasteiger partial charge in [0.25, 0.3) is 0 Å². The molecule has 1 rings (SSSR count). The summed E-state index contributed by atoms with van der Waals surface area (Å²) in [5, 5.41) is 1.14. The van der Waals surface area contributed by atoms with Gasteiger partial charge in [-0.3, -0.25) is 0 Å². The molecule has 2 heteroatoms. The van der Waals surface area contributed by atoms with E-state index in [-0.39, 0.29) is 0 Å². The molecule has 0 atom stereocenters. The fourth-order valence-electron chi connectivity index (χ4n) is 1.42. The Bertz CT molecular complexity index is 297. The average molecular weight is 287 g/mol. The summed E-state index contributed by atoms with van der Waals surface area (Å²) in [4.78, 5) is 1.45. The van der Waals surface area contributed by atoms with Crippen molar-refractivity contribution in [3.8, 4) is 0 Å². The molecule has 0 amide bonds. The van der Waals surface area contributed by atoms with Crippen LogP contribution in [0.5, 0.6) is 0 Å². The quantitative estimate of drug-likeness (QED) is 0.405. The van der Waals surface area contributed by atoms with Crippen LogP contribution in [0.1, 0.15) is 30.4 Å². The first-order valence-corrected chi connectivity index (χ1v) is 7.61. The molecule has 0 saturated carbocycles. The molecule has 15 heavy (non-hydrogen) atoms. The third-order valence-corrected chi connectivity index (χ3v) is 4.18. The number of hydrogen-bond acceptors (Lipinski definition) is 1. The fourth-order valence-corrected chi connectivity index (χ4v) is 2.95. The Morgan fingerprint density at radius 1 is 1.13 bits per heavy atom. The van der Waals surface area contributed by atoms with Crippen LogP contribution < -0.4 is 0 Å². The summed E-state index contributed by atoms with van der Waals surface area (Å²) in [6, 6.07) is 6.70. The zero-order chi connectivity index (χ0) is 11.1. The number of aryl methyl sites for hydroxylation is 2. The third-order valence-electron chi connectivity index (χ3n) is 2.38. The maximum atomic E-state index is 3.46. The second-order valence-corrected chi connectivity index (χ2v) is 5.80. The second-order valence-electron chi connectivity index (χ2n) is 3.87. The van der Waals surface area contributed by atoms with E-state index in [4.69, 9.17) is 0 Å². The molecule has 1 aromatic carbocycles. The largest absolute Gasteiger partial charge is 0.126 e. The normalized spacial score (nSPS) is 10.6. The molecule has 0 spiro atoms. The number of rotatable bonds is 6. The summed E-state index contributed by atoms with van der Waals surface area (Å²) in [6.07, 6.45) is 3.96. The van der Waals surface area contributed by atoms with E-state index >= 15 is 0 Å². The first kappa shape index (κ1) is 13.1. The Balaban J connectivity index is 2.33. The van der Waals surface area contributed by atoms with Gasteiger partial charge in [0.2, 0.25) is 0 Å². The molecule has 0 saturated heterocycles. The number of hydrogen-bond donors (Lipinski definition) is 0. The van der Waals surface area contributed by atoms with Gasteiger partial charge in [-0.15, -0.1) is 11.8 Å². The number of benzene rings is 1. The van der Waals surface area contributed by atoms with Gasteiger partial charge in [-0.05, 0) is 44.1 Å². The van der Waals surface area contributed by atoms with E-state index in [1.807, 2.05) is 11.8 Å². The highest BCUT2D eigenvalue weighted by molar-refractivity contribution is 9.09. The molecule has 0 aromatic heterocycles. The summed E-state index contributed by atoms with van der Waals surface area (Å²) >= 11 is 5.46. The van der Waals surface area contributed by atoms with Gasteiger partial charge in [-0.2, -0.15) is 0 Å². The van der Waals surface area contributed by atoms with Crippen LogP contribution in [0.3, 0.4) is 0 Å². The van der Waals surface area contributed by atoms with Gasteiger partial charge in [0.15, 0.2) is 0 Å². The highest BCUT2D eigenvalue weighted by Crippen LogP contribution is 2.24. The van der Waals surface area contributed by atoms with E-state index in [1.54, 1.807) is 0 Å². The summed E-state index contributed by atoms with van der Waals surface area (Å²) < 4.78 is 0. The van der Waals surface area contributed by atoms with Crippen molar-refractivity contribution in [1.29, 1.82) is 0 Å². The highest BCUT2D eigenvalue weighted by Gasteiger charge is 1.99. The Labute approximate surface area is 106 Å². The molecule has 0 unspecified atom stereocenters. The summed E-state index contributed by atoms with van der Waals surface area (Å²) in [5.74, 6) is 1.25. The molecule has 0 bridgehead atoms. The number of alkyl halides is 1. The zero-order valence-electron chi connectivity index (χ0n) is 9.55. The van der Waals surface area contributed by atoms with Crippen molar-refractivity contribution in [2.45, 2.75) is 38.0 Å². The molecule has 1 aromatic rings. The van der Waals surface area contributed by atoms with E-state index in [9.17, 15) is 0 Å². The van der Waals surface area contributed by atoms with Crippen LogP contribution in [0.4, 0.5) is 0 Å². The number of thioether (sulfide) groups is 1. The number of unbranched alkanes of at least 4 members (excludes halogenated alkanes) is 2. The van der Waals surface area contributed by atoms with Gasteiger partial charge >= 0.3 is 0 Å². The minimum Gasteiger partial charge on any atom is -0.126 e. The first-order valence-electron chi connectivity index (χ1n) is 5.50. The van der Waals surface area contributed by atoms with Crippen molar-refractivity contribution in [2.75, 3.05) is 11.1 Å². The monoisotopic (exact) mass is 286 g/mol. The van der Waals surface area contributed by atoms with Crippen molar-refractivity contribution in [1.82, 2.24) is 0 Å². The fraction of sp³-hybridized carbons (Fsp3) is 0.538. The molecule has 0 aliphatic carbocycles. The van der Waals surface area contributed by atoms with Gasteiger partial charge in [0, 0.05) is 10.2 Å². The minimum absolute atomic E-state index is 1.14. The zero-order valence-corrected chi connectivity index (χ0v) is 12.0. The van der Waals surface area contributed by atoms with Crippen LogP contribution >= 0.6 is 27.7 Å². The Morgan fingerprint density at radius 3 is 2.67 bits per heavy atom. The van der Waals surface area contributed by atoms with Crippen molar-refractivity contribution < 1.29 is 0 Å². The topological polar surface area (TPSA) is 0 Å². The van der Waals surface area contributed by atoms with E-state index in [2.05, 4.69) is 48.0 Å². The third kappa shape index (κ3) is 5.07. The summed E-state index contributed by atoms with van der Waals surface area (Å²) in [5.41, 5.74) is 2.77. The molecule has 0 heterocycles. The van der Waals surface area contributed by atoms with Crippen molar-refractivity contribution in [3.05, 3.63) is 29.3 Å². The smallest absolute Gasteiger partial charge is 0.0104 e. The predicted octanol–water partition coefficient (Wildman–Crippen LogP) is 4.96. The van der Waals surface area contributed by atoms with Crippen LogP contribution in [0, 0.1) is 13.8 Å². The Hall–Kier alpha value is 0.0500. The van der Waals surface area contributed by atoms with E-state index < -0.39 is 0 Å². The predicted molar refractivity (Wildman–Crippen MR) is 74.3 cm³/mol. The molecule has 0 nitrogen and oxygen atoms in total. The van der Waals surface area contributed by atoms with Crippen LogP contribution in [-0.2, 0) is 0 Å². The first-order chi connectivity index (χ1) is 7.24. The van der Waals surface area contributed by atoms with Crippen molar-refractivity contribution >= 4 is 27.7 Å². The van der Waals surface area contributed by atoms with Gasteiger partial charge < -0.3 is 0 Å². The molecule has 84 valence electrons. The van der Waals surface area contributed by atoms with E-state index in [0.29, 0.717) is 0 Å². The summed E-state index contributed by atoms with van der Waals surface area (Å²) in [6.45, 7) is 4.36. The maximum absolute atomic E-state index is 3.46. The van der Waals surface area contributed by atoms with E-state index in [0.717, 1.165) is 5.33 Å². The molecule has 0 radical (unpaired) electrons. The van der Waals surface area contributed by atoms with Gasteiger partial charge in [-0.25, -0.2) is 0 Å². The molecular weight excluding hydrogens is 268 g/mol. The lowest BCUT2D eigenvalue weighted by Crippen LogP contribution is -1.85. The SMILES string of the molecule is Cc1ccc(C)c(SCCCCCBr)c1. The second kappa shape index (κ2) is 7.34. The molecule has 0 N–H and O–H groups in total. The Kier molecular flexibility index (Phi) is 6.42. The highest BCUT2D eigenvalue weighted by atomic mass is 79.9. The van der Waals surface area contributed by atoms with E-state index in [1.165, 1.54) is 41.0 Å². The lowest BCUT2D eigenvalue weighted by molar-refractivity contribution is 0.788. The van der Waals surface area contributed by atoms with Gasteiger partial charge in [-0.1, -0.05) is 40.0 Å². The molecular formula is C13H19BrS. The lowest BCUT2D eigenvalue weighted by Gasteiger charge is -2.06.